The molecule has 0 amide bonds. The second-order valence-electron chi connectivity index (χ2n) is 3.95. The highest BCUT2D eigenvalue weighted by molar-refractivity contribution is 6.30. The summed E-state index contributed by atoms with van der Waals surface area (Å²) in [5.74, 6) is 0.692. The summed E-state index contributed by atoms with van der Waals surface area (Å²) in [7, 11) is 0. The SMILES string of the molecule is Cc1cc(-n2nc3c(c2Cl)COCC3)ncn1. The molecule has 88 valence electrons. The van der Waals surface area contributed by atoms with Crippen LogP contribution in [-0.4, -0.2) is 26.4 Å². The number of ether oxygens (including phenoxy) is 1. The molecule has 3 heterocycles. The molecule has 0 radical (unpaired) electrons. The van der Waals surface area contributed by atoms with Crippen molar-refractivity contribution in [1.82, 2.24) is 19.7 Å². The summed E-state index contributed by atoms with van der Waals surface area (Å²) < 4.78 is 7.03. The second-order valence-corrected chi connectivity index (χ2v) is 4.31. The number of hydrogen-bond acceptors (Lipinski definition) is 4. The normalized spacial score (nSPS) is 14.7. The molecule has 1 aliphatic rings. The van der Waals surface area contributed by atoms with Gasteiger partial charge in [-0.3, -0.25) is 0 Å². The summed E-state index contributed by atoms with van der Waals surface area (Å²) in [6.45, 7) is 3.13. The molecule has 0 N–H and O–H groups in total. The lowest BCUT2D eigenvalue weighted by Gasteiger charge is -2.09. The number of hydrogen-bond donors (Lipinski definition) is 0. The zero-order valence-electron chi connectivity index (χ0n) is 9.35. The van der Waals surface area contributed by atoms with Crippen LogP contribution in [0, 0.1) is 6.92 Å². The van der Waals surface area contributed by atoms with E-state index in [9.17, 15) is 0 Å². The first-order valence-corrected chi connectivity index (χ1v) is 5.76. The molecule has 1 aliphatic heterocycles. The third-order valence-corrected chi connectivity index (χ3v) is 3.13. The van der Waals surface area contributed by atoms with E-state index in [1.807, 2.05) is 13.0 Å². The van der Waals surface area contributed by atoms with E-state index in [4.69, 9.17) is 16.3 Å². The Labute approximate surface area is 103 Å². The Bertz CT molecular complexity index is 567. The van der Waals surface area contributed by atoms with Crippen LogP contribution in [0.3, 0.4) is 0 Å². The molecule has 0 saturated heterocycles. The molecule has 0 saturated carbocycles. The molecule has 0 fully saturated rings. The van der Waals surface area contributed by atoms with Crippen molar-refractivity contribution in [2.45, 2.75) is 20.0 Å². The van der Waals surface area contributed by atoms with Crippen LogP contribution in [-0.2, 0) is 17.8 Å². The van der Waals surface area contributed by atoms with Crippen LogP contribution in [0.25, 0.3) is 5.82 Å². The highest BCUT2D eigenvalue weighted by atomic mass is 35.5. The summed E-state index contributed by atoms with van der Waals surface area (Å²) in [5.41, 5.74) is 2.85. The van der Waals surface area contributed by atoms with Gasteiger partial charge in [-0.15, -0.1) is 0 Å². The minimum Gasteiger partial charge on any atom is -0.376 e. The Hall–Kier alpha value is -1.46. The van der Waals surface area contributed by atoms with Crippen LogP contribution in [0.15, 0.2) is 12.4 Å². The summed E-state index contributed by atoms with van der Waals surface area (Å²) >= 11 is 6.29. The van der Waals surface area contributed by atoms with Gasteiger partial charge >= 0.3 is 0 Å². The van der Waals surface area contributed by atoms with Crippen LogP contribution in [0.4, 0.5) is 0 Å². The molecule has 5 nitrogen and oxygen atoms in total. The number of halogens is 1. The first-order valence-electron chi connectivity index (χ1n) is 5.39. The fraction of sp³-hybridized carbons (Fsp3) is 0.364. The molecule has 17 heavy (non-hydrogen) atoms. The molecular formula is C11H11ClN4O. The van der Waals surface area contributed by atoms with Crippen molar-refractivity contribution in [3.8, 4) is 5.82 Å². The van der Waals surface area contributed by atoms with Gasteiger partial charge in [0.25, 0.3) is 0 Å². The zero-order chi connectivity index (χ0) is 11.8. The molecule has 0 spiro atoms. The molecule has 0 aromatic carbocycles. The van der Waals surface area contributed by atoms with E-state index < -0.39 is 0 Å². The Morgan fingerprint density at radius 1 is 1.41 bits per heavy atom. The Kier molecular flexibility index (Phi) is 2.57. The zero-order valence-corrected chi connectivity index (χ0v) is 10.1. The van der Waals surface area contributed by atoms with Gasteiger partial charge in [0.05, 0.1) is 18.9 Å². The highest BCUT2D eigenvalue weighted by Crippen LogP contribution is 2.26. The average molecular weight is 251 g/mol. The summed E-state index contributed by atoms with van der Waals surface area (Å²) in [6.07, 6.45) is 2.31. The van der Waals surface area contributed by atoms with E-state index in [1.165, 1.54) is 6.33 Å². The minimum absolute atomic E-state index is 0.526. The van der Waals surface area contributed by atoms with Crippen LogP contribution in [0.5, 0.6) is 0 Å². The van der Waals surface area contributed by atoms with Gasteiger partial charge in [-0.25, -0.2) is 14.6 Å². The van der Waals surface area contributed by atoms with E-state index in [-0.39, 0.29) is 0 Å². The van der Waals surface area contributed by atoms with Crippen LogP contribution < -0.4 is 0 Å². The number of fused-ring (bicyclic) bond motifs is 1. The van der Waals surface area contributed by atoms with Gasteiger partial charge in [0.15, 0.2) is 5.82 Å². The lowest BCUT2D eigenvalue weighted by atomic mass is 10.2. The maximum atomic E-state index is 6.29. The van der Waals surface area contributed by atoms with Crippen molar-refractivity contribution in [2.75, 3.05) is 6.61 Å². The lowest BCUT2D eigenvalue weighted by Crippen LogP contribution is -2.08. The minimum atomic E-state index is 0.526. The second kappa shape index (κ2) is 4.09. The molecule has 6 heteroatoms. The summed E-state index contributed by atoms with van der Waals surface area (Å²) in [5, 5.41) is 5.06. The first kappa shape index (κ1) is 10.7. The maximum absolute atomic E-state index is 6.29. The van der Waals surface area contributed by atoms with Gasteiger partial charge in [-0.1, -0.05) is 11.6 Å². The monoisotopic (exact) mass is 250 g/mol. The molecular weight excluding hydrogens is 240 g/mol. The van der Waals surface area contributed by atoms with E-state index in [2.05, 4.69) is 15.1 Å². The number of aryl methyl sites for hydroxylation is 1. The maximum Gasteiger partial charge on any atom is 0.158 e. The lowest BCUT2D eigenvalue weighted by molar-refractivity contribution is 0.110. The van der Waals surface area contributed by atoms with Crippen molar-refractivity contribution in [3.05, 3.63) is 34.5 Å². The smallest absolute Gasteiger partial charge is 0.158 e. The molecule has 2 aromatic heterocycles. The molecule has 3 rings (SSSR count). The summed E-state index contributed by atoms with van der Waals surface area (Å²) in [4.78, 5) is 8.24. The van der Waals surface area contributed by atoms with Gasteiger partial charge in [0.1, 0.15) is 11.5 Å². The van der Waals surface area contributed by atoms with Crippen molar-refractivity contribution in [2.24, 2.45) is 0 Å². The highest BCUT2D eigenvalue weighted by Gasteiger charge is 2.21. The van der Waals surface area contributed by atoms with Crippen molar-refractivity contribution < 1.29 is 4.74 Å². The topological polar surface area (TPSA) is 52.8 Å². The predicted octanol–water partition coefficient (Wildman–Crippen LogP) is 1.70. The van der Waals surface area contributed by atoms with Gasteiger partial charge < -0.3 is 4.74 Å². The van der Waals surface area contributed by atoms with Gasteiger partial charge in [0.2, 0.25) is 0 Å². The third-order valence-electron chi connectivity index (χ3n) is 2.74. The van der Waals surface area contributed by atoms with Crippen LogP contribution in [0.1, 0.15) is 17.0 Å². The van der Waals surface area contributed by atoms with E-state index >= 15 is 0 Å². The largest absolute Gasteiger partial charge is 0.376 e. The van der Waals surface area contributed by atoms with Gasteiger partial charge in [-0.05, 0) is 6.92 Å². The molecule has 0 unspecified atom stereocenters. The number of rotatable bonds is 1. The van der Waals surface area contributed by atoms with Crippen LogP contribution in [0.2, 0.25) is 5.15 Å². The van der Waals surface area contributed by atoms with Crippen molar-refractivity contribution in [1.29, 1.82) is 0 Å². The van der Waals surface area contributed by atoms with Crippen molar-refractivity contribution in [3.63, 3.8) is 0 Å². The number of aromatic nitrogens is 4. The quantitative estimate of drug-likeness (QED) is 0.773. The fourth-order valence-corrected chi connectivity index (χ4v) is 2.15. The van der Waals surface area contributed by atoms with E-state index in [0.717, 1.165) is 23.4 Å². The standard InChI is InChI=1S/C11H11ClN4O/c1-7-4-10(14-6-13-7)16-11(12)8-5-17-3-2-9(8)15-16/h4,6H,2-3,5H2,1H3. The summed E-state index contributed by atoms with van der Waals surface area (Å²) in [6, 6.07) is 1.85. The van der Waals surface area contributed by atoms with Gasteiger partial charge in [-0.2, -0.15) is 5.10 Å². The molecule has 0 atom stereocenters. The predicted molar refractivity (Wildman–Crippen MR) is 62.3 cm³/mol. The Morgan fingerprint density at radius 3 is 3.06 bits per heavy atom. The van der Waals surface area contributed by atoms with E-state index in [0.29, 0.717) is 24.2 Å². The number of nitrogens with zero attached hydrogens (tertiary/aromatic N) is 4. The van der Waals surface area contributed by atoms with Crippen LogP contribution >= 0.6 is 11.6 Å². The average Bonchev–Trinajstić information content (AvgIpc) is 2.68. The fourth-order valence-electron chi connectivity index (χ4n) is 1.87. The van der Waals surface area contributed by atoms with E-state index in [1.54, 1.807) is 4.68 Å². The van der Waals surface area contributed by atoms with Crippen molar-refractivity contribution >= 4 is 11.6 Å². The Balaban J connectivity index is 2.12. The Morgan fingerprint density at radius 2 is 2.29 bits per heavy atom. The first-order chi connectivity index (χ1) is 8.25. The molecule has 0 bridgehead atoms. The molecule has 0 aliphatic carbocycles. The molecule has 2 aromatic rings. The third kappa shape index (κ3) is 1.81. The van der Waals surface area contributed by atoms with Gasteiger partial charge in [0, 0.05) is 23.7 Å².